The number of rotatable bonds is 25. The number of nitrogens with two attached hydrogens (primary N) is 4. The topological polar surface area (TPSA) is 511 Å². The average Bonchev–Trinajstić information content (AvgIpc) is 1.52. The molecule has 0 unspecified atom stereocenters. The number of halogens is 12. The Hall–Kier alpha value is -12.6. The number of para-hydroxylation sites is 4. The molecule has 4 aromatic heterocycles. The van der Waals surface area contributed by atoms with E-state index in [2.05, 4.69) is 26.3 Å². The number of aromatic nitrogens is 4. The fourth-order valence-electron chi connectivity index (χ4n) is 10.9. The van der Waals surface area contributed by atoms with Crippen LogP contribution in [-0.4, -0.2) is 190 Å². The molecule has 2 fully saturated rings. The second-order valence-corrected chi connectivity index (χ2v) is 25.0. The number of aliphatic carboxylic acids is 4. The molecule has 2 atom stereocenters. The third kappa shape index (κ3) is 22.4. The van der Waals surface area contributed by atoms with Gasteiger partial charge in [-0.15, -0.1) is 0 Å². The monoisotopic (exact) mass is 1640 g/mol. The zero-order chi connectivity index (χ0) is 85.9. The van der Waals surface area contributed by atoms with Gasteiger partial charge in [-0.2, -0.15) is 52.7 Å². The fourth-order valence-corrected chi connectivity index (χ4v) is 10.9. The third-order valence-electron chi connectivity index (χ3n) is 17.1. The van der Waals surface area contributed by atoms with Crippen LogP contribution in [0.5, 0.6) is 23.0 Å². The second-order valence-electron chi connectivity index (χ2n) is 25.0. The Kier molecular flexibility index (Phi) is 30.4. The van der Waals surface area contributed by atoms with E-state index in [4.69, 9.17) is 106 Å². The van der Waals surface area contributed by atoms with Crippen LogP contribution in [0.3, 0.4) is 0 Å². The zero-order valence-electron chi connectivity index (χ0n) is 60.6. The number of hydrogen-bond donors (Lipinski definition) is 12. The van der Waals surface area contributed by atoms with Crippen molar-refractivity contribution >= 4 is 126 Å². The molecule has 115 heavy (non-hydrogen) atoms. The largest absolute Gasteiger partial charge is 0.493 e. The quantitative estimate of drug-likeness (QED) is 0.0144. The summed E-state index contributed by atoms with van der Waals surface area (Å²) < 4.78 is 162. The van der Waals surface area contributed by atoms with Crippen LogP contribution in [-0.2, 0) is 38.2 Å². The van der Waals surface area contributed by atoms with Gasteiger partial charge in [-0.3, -0.25) is 24.0 Å². The van der Waals surface area contributed by atoms with Crippen molar-refractivity contribution in [1.29, 1.82) is 0 Å². The lowest BCUT2D eigenvalue weighted by molar-refractivity contribution is -0.193. The summed E-state index contributed by atoms with van der Waals surface area (Å²) in [6.07, 6.45) is -17.5. The highest BCUT2D eigenvalue weighted by atomic mass is 19.4. The third-order valence-corrected chi connectivity index (χ3v) is 17.1. The molecule has 4 aromatic carbocycles. The Morgan fingerprint density at radius 2 is 0.678 bits per heavy atom. The highest BCUT2D eigenvalue weighted by Gasteiger charge is 2.75. The maximum atomic E-state index is 14.8. The molecule has 0 spiro atoms. The van der Waals surface area contributed by atoms with Crippen LogP contribution >= 0.6 is 0 Å². The zero-order valence-corrected chi connectivity index (χ0v) is 60.6. The second kappa shape index (κ2) is 38.3. The van der Waals surface area contributed by atoms with Gasteiger partial charge in [-0.25, -0.2) is 43.9 Å². The van der Waals surface area contributed by atoms with Crippen LogP contribution in [0.15, 0.2) is 97.1 Å². The lowest BCUT2D eigenvalue weighted by Gasteiger charge is -2.35. The number of methoxy groups -OCH3 is 1. The number of fused-ring (bicyclic) bond motifs is 6. The number of carboxylic acid groups (broad SMARTS) is 4. The van der Waals surface area contributed by atoms with Crippen molar-refractivity contribution in [2.75, 3.05) is 81.0 Å². The van der Waals surface area contributed by atoms with E-state index in [1.165, 1.54) is 31.4 Å². The van der Waals surface area contributed by atoms with E-state index in [9.17, 15) is 81.5 Å². The molecule has 5 heterocycles. The average molecular weight is 1640 g/mol. The van der Waals surface area contributed by atoms with Gasteiger partial charge in [-0.05, 0) is 120 Å². The van der Waals surface area contributed by atoms with E-state index in [1.54, 1.807) is 72.8 Å². The summed E-state index contributed by atoms with van der Waals surface area (Å²) in [5.74, 6) is -13.6. The number of carbonyl (C=O) groups excluding carboxylic acids is 6. The summed E-state index contributed by atoms with van der Waals surface area (Å²) in [6, 6.07) is 26.1. The fraction of sp³-hybridized carbons (Fsp3) is 0.352. The summed E-state index contributed by atoms with van der Waals surface area (Å²) in [7, 11) is 1.23. The molecule has 1 aliphatic carbocycles. The highest BCUT2D eigenvalue weighted by Crippen LogP contribution is 2.66. The minimum atomic E-state index is -5.08. The number of alkyl halides is 12. The Morgan fingerprint density at radius 1 is 0.426 bits per heavy atom. The summed E-state index contributed by atoms with van der Waals surface area (Å²) >= 11 is 0. The molecule has 8 aromatic rings. The smallest absolute Gasteiger partial charge is 0.490 e. The predicted molar refractivity (Wildman–Crippen MR) is 382 cm³/mol. The SMILES string of the molecule is COC(=O)c1cc(OCCCN)c2cccc(NC(=O)c3cc(OCCCN)c4cccc(NC(=O)c5cc(OCCCN)c6cccc(NC(=O)c7cc(OCCCN)c8cccc(NC(=O)[C@@]9%10CC[C@@](C)(C(=O)O9)C%10(C)C)c8n7)c6n5)c4n3)c2n1.O=C(O)C(F)(F)F.O=C(O)C(F)(F)F.O=C(O)C(F)(F)F.O=C(O)C(F)(F)F. The van der Waals surface area contributed by atoms with Gasteiger partial charge in [0.25, 0.3) is 23.6 Å². The molecule has 1 saturated carbocycles. The van der Waals surface area contributed by atoms with Gasteiger partial charge < -0.3 is 93.0 Å². The highest BCUT2D eigenvalue weighted by molar-refractivity contribution is 6.15. The first-order valence-electron chi connectivity index (χ1n) is 33.6. The normalized spacial score (nSPS) is 15.3. The molecule has 620 valence electrons. The van der Waals surface area contributed by atoms with Crippen LogP contribution in [0, 0.1) is 10.8 Å². The molecule has 4 amide bonds. The number of nitrogens with zero attached hydrogens (tertiary/aromatic N) is 4. The van der Waals surface area contributed by atoms with Crippen LogP contribution in [0.1, 0.15) is 101 Å². The molecular weight excluding hydrogens is 1570 g/mol. The maximum absolute atomic E-state index is 14.8. The maximum Gasteiger partial charge on any atom is 0.490 e. The van der Waals surface area contributed by atoms with Crippen molar-refractivity contribution in [2.24, 2.45) is 33.8 Å². The van der Waals surface area contributed by atoms with Gasteiger partial charge in [0, 0.05) is 51.2 Å². The molecule has 2 bridgehead atoms. The first kappa shape index (κ1) is 91.3. The van der Waals surface area contributed by atoms with Gasteiger partial charge >= 0.3 is 60.5 Å². The van der Waals surface area contributed by atoms with Crippen LogP contribution in [0.4, 0.5) is 75.4 Å². The number of carboxylic acids is 4. The number of nitrogens with one attached hydrogen (secondary N) is 4. The molecule has 10 rings (SSSR count). The number of ether oxygens (including phenoxy) is 6. The first-order chi connectivity index (χ1) is 53.8. The summed E-state index contributed by atoms with van der Waals surface area (Å²) in [4.78, 5) is 139. The van der Waals surface area contributed by atoms with Crippen molar-refractivity contribution < 1.29 is 149 Å². The van der Waals surface area contributed by atoms with Crippen molar-refractivity contribution in [3.63, 3.8) is 0 Å². The van der Waals surface area contributed by atoms with Crippen LogP contribution in [0.25, 0.3) is 43.6 Å². The molecule has 0 radical (unpaired) electrons. The Morgan fingerprint density at radius 3 is 0.904 bits per heavy atom. The minimum Gasteiger partial charge on any atom is -0.493 e. The van der Waals surface area contributed by atoms with E-state index in [0.717, 1.165) is 0 Å². The molecule has 2 aliphatic rings. The Balaban J connectivity index is 0.000000626. The number of pyridine rings is 4. The number of amides is 4. The van der Waals surface area contributed by atoms with Crippen molar-refractivity contribution in [1.82, 2.24) is 19.9 Å². The van der Waals surface area contributed by atoms with Gasteiger partial charge in [0.2, 0.25) is 0 Å². The predicted octanol–water partition coefficient (Wildman–Crippen LogP) is 9.93. The van der Waals surface area contributed by atoms with Gasteiger partial charge in [0.05, 0.1) is 83.8 Å². The summed E-state index contributed by atoms with van der Waals surface area (Å²) in [5.41, 5.74) is 21.4. The lowest BCUT2D eigenvalue weighted by Crippen LogP contribution is -2.50. The summed E-state index contributed by atoms with van der Waals surface area (Å²) in [6.45, 7) is 7.74. The number of carbonyl (C=O) groups is 10. The van der Waals surface area contributed by atoms with Crippen molar-refractivity contribution in [3.05, 3.63) is 120 Å². The standard InChI is InChI=1S/C63H68N12O12.4C2HF3O2/c1-61(2)62(3)21-22-63(61,87-60(62)81)59(80)75-42-20-8-16-37-49(85-29-11-25-66)33-45(70-54(37)42)57(78)73-40-18-6-14-35-47(83-27-9-23-64)31-43(68-52(35)40)55(76)72-39-17-5-13-36-48(84-28-10-24-65)32-44(69-51(36)39)56(77)74-41-19-7-15-38-50(86-30-12-26-67)34-46(58(79)82-4)71-53(38)41;4*3-2(4,5)1(6)7/h5-8,13-20,31-34H,9-12,21-30,64-67H2,1-4H3,(H,72,76)(H,73,78)(H,74,77)(H,75,80);4*(H,6,7)/t62-,63+;;;;/m0..../s1. The van der Waals surface area contributed by atoms with Gasteiger partial charge in [-0.1, -0.05) is 38.1 Å². The lowest BCUT2D eigenvalue weighted by atomic mass is 9.66. The van der Waals surface area contributed by atoms with E-state index in [-0.39, 0.29) is 106 Å². The van der Waals surface area contributed by atoms with Crippen molar-refractivity contribution in [2.45, 2.75) is 89.6 Å². The van der Waals surface area contributed by atoms with Gasteiger partial charge in [0.1, 0.15) is 40.1 Å². The molecule has 44 heteroatoms. The number of hydrogen-bond acceptors (Lipinski definition) is 24. The molecule has 16 N–H and O–H groups in total. The summed E-state index contributed by atoms with van der Waals surface area (Å²) in [5, 5.41) is 42.1. The Bertz CT molecular complexity index is 4880. The first-order valence-corrected chi connectivity index (χ1v) is 33.6. The minimum absolute atomic E-state index is 0.0526. The van der Waals surface area contributed by atoms with Crippen LogP contribution in [0.2, 0.25) is 0 Å². The van der Waals surface area contributed by atoms with E-state index in [1.807, 2.05) is 20.8 Å². The molecule has 1 saturated heterocycles. The van der Waals surface area contributed by atoms with Crippen molar-refractivity contribution in [3.8, 4) is 23.0 Å². The van der Waals surface area contributed by atoms with Gasteiger partial charge in [0.15, 0.2) is 11.3 Å². The number of anilines is 4. The Labute approximate surface area is 640 Å². The van der Waals surface area contributed by atoms with Crippen LogP contribution < -0.4 is 63.1 Å². The molecule has 1 aliphatic heterocycles. The number of esters is 2. The van der Waals surface area contributed by atoms with E-state index >= 15 is 0 Å². The van der Waals surface area contributed by atoms with E-state index in [0.29, 0.717) is 97.7 Å². The molecule has 32 nitrogen and oxygen atoms in total. The number of benzene rings is 4. The molecular formula is C71H72F12N12O20. The van der Waals surface area contributed by atoms with E-state index < -0.39 is 101 Å².